The summed E-state index contributed by atoms with van der Waals surface area (Å²) in [7, 11) is -1.51. The lowest BCUT2D eigenvalue weighted by Crippen LogP contribution is -2.46. The normalized spacial score (nSPS) is 16.9. The van der Waals surface area contributed by atoms with Crippen molar-refractivity contribution in [3.63, 3.8) is 0 Å². The van der Waals surface area contributed by atoms with Gasteiger partial charge in [0.1, 0.15) is 0 Å². The molecule has 1 fully saturated rings. The van der Waals surface area contributed by atoms with Crippen molar-refractivity contribution in [2.75, 3.05) is 13.6 Å². The summed E-state index contributed by atoms with van der Waals surface area (Å²) in [6.45, 7) is 7.51. The Kier molecular flexibility index (Phi) is 7.68. The average Bonchev–Trinajstić information content (AvgIpc) is 2.56. The Hall–Kier alpha value is -1.60. The molecule has 0 saturated heterocycles. The summed E-state index contributed by atoms with van der Waals surface area (Å²) in [5, 5.41) is 6.78. The Bertz CT molecular complexity index is 717. The van der Waals surface area contributed by atoms with Gasteiger partial charge in [-0.15, -0.1) is 0 Å². The maximum Gasteiger partial charge on any atom is 0.216 e. The van der Waals surface area contributed by atoms with E-state index in [1.165, 1.54) is 25.7 Å². The molecule has 0 bridgehead atoms. The average molecular weight is 395 g/mol. The quantitative estimate of drug-likeness (QED) is 0.444. The molecule has 0 amide bonds. The van der Waals surface area contributed by atoms with Crippen molar-refractivity contribution in [1.29, 1.82) is 0 Å². The molecule has 152 valence electrons. The summed E-state index contributed by atoms with van der Waals surface area (Å²) in [5.74, 6) is 0.809. The second kappa shape index (κ2) is 9.55. The number of guanidine groups is 1. The summed E-state index contributed by atoms with van der Waals surface area (Å²) >= 11 is 0. The molecule has 1 aliphatic rings. The van der Waals surface area contributed by atoms with Crippen LogP contribution in [0.1, 0.15) is 57.6 Å². The topological polar surface area (TPSA) is 82.6 Å². The van der Waals surface area contributed by atoms with Gasteiger partial charge >= 0.3 is 0 Å². The van der Waals surface area contributed by atoms with Gasteiger partial charge in [-0.1, -0.05) is 37.6 Å². The van der Waals surface area contributed by atoms with Gasteiger partial charge in [0.05, 0.1) is 5.75 Å². The monoisotopic (exact) mass is 394 g/mol. The molecular weight excluding hydrogens is 360 g/mol. The molecule has 0 radical (unpaired) electrons. The summed E-state index contributed by atoms with van der Waals surface area (Å²) < 4.78 is 26.6. The van der Waals surface area contributed by atoms with Crippen LogP contribution in [0.5, 0.6) is 0 Å². The highest BCUT2D eigenvalue weighted by atomic mass is 32.2. The van der Waals surface area contributed by atoms with Gasteiger partial charge in [-0.25, -0.2) is 13.1 Å². The van der Waals surface area contributed by atoms with Gasteiger partial charge in [-0.3, -0.25) is 4.99 Å². The molecule has 6 nitrogen and oxygen atoms in total. The van der Waals surface area contributed by atoms with E-state index in [9.17, 15) is 8.42 Å². The molecular formula is C20H34N4O2S. The zero-order chi connectivity index (χ0) is 19.9. The third-order valence-corrected chi connectivity index (χ3v) is 6.82. The van der Waals surface area contributed by atoms with Gasteiger partial charge in [0.15, 0.2) is 5.96 Å². The van der Waals surface area contributed by atoms with Gasteiger partial charge < -0.3 is 10.6 Å². The van der Waals surface area contributed by atoms with Crippen LogP contribution in [0, 0.1) is 5.41 Å². The highest BCUT2D eigenvalue weighted by molar-refractivity contribution is 7.88. The van der Waals surface area contributed by atoms with Crippen molar-refractivity contribution >= 4 is 16.0 Å². The minimum absolute atomic E-state index is 0.00120. The van der Waals surface area contributed by atoms with Gasteiger partial charge in [-0.05, 0) is 49.7 Å². The standard InChI is InChI=1S/C20H34N4O2S/c1-5-20(11-6-12-20)15-23-19(21-4)22-13-17-7-9-18(10-8-17)14-27(25,26)24-16(2)3/h7-10,16,24H,5-6,11-15H2,1-4H3,(H2,21,22,23). The Balaban J connectivity index is 1.83. The highest BCUT2D eigenvalue weighted by Crippen LogP contribution is 2.42. The van der Waals surface area contributed by atoms with Gasteiger partial charge in [0, 0.05) is 26.2 Å². The Morgan fingerprint density at radius 1 is 1.15 bits per heavy atom. The fourth-order valence-electron chi connectivity index (χ4n) is 3.38. The summed E-state index contributed by atoms with van der Waals surface area (Å²) in [5.41, 5.74) is 2.31. The Labute approximate surface area is 164 Å². The number of aliphatic imine (C=N–C) groups is 1. The molecule has 2 rings (SSSR count). The number of benzene rings is 1. The molecule has 3 N–H and O–H groups in total. The third-order valence-electron chi connectivity index (χ3n) is 5.27. The van der Waals surface area contributed by atoms with Crippen LogP contribution < -0.4 is 15.4 Å². The zero-order valence-electron chi connectivity index (χ0n) is 17.0. The number of hydrogen-bond acceptors (Lipinski definition) is 3. The van der Waals surface area contributed by atoms with Crippen LogP contribution in [-0.2, 0) is 22.3 Å². The lowest BCUT2D eigenvalue weighted by Gasteiger charge is -2.41. The van der Waals surface area contributed by atoms with Crippen LogP contribution in [0.4, 0.5) is 0 Å². The van der Waals surface area contributed by atoms with Crippen molar-refractivity contribution in [2.24, 2.45) is 10.4 Å². The molecule has 7 heteroatoms. The van der Waals surface area contributed by atoms with E-state index >= 15 is 0 Å². The van der Waals surface area contributed by atoms with E-state index in [-0.39, 0.29) is 11.8 Å². The van der Waals surface area contributed by atoms with Crippen molar-refractivity contribution < 1.29 is 8.42 Å². The maximum absolute atomic E-state index is 12.0. The summed E-state index contributed by atoms with van der Waals surface area (Å²) in [6.07, 6.45) is 5.12. The molecule has 0 spiro atoms. The molecule has 1 aliphatic carbocycles. The van der Waals surface area contributed by atoms with Gasteiger partial charge in [0.25, 0.3) is 0 Å². The van der Waals surface area contributed by atoms with Crippen LogP contribution in [0.25, 0.3) is 0 Å². The van der Waals surface area contributed by atoms with E-state index in [4.69, 9.17) is 0 Å². The third kappa shape index (κ3) is 6.81. The molecule has 1 saturated carbocycles. The number of rotatable bonds is 9. The van der Waals surface area contributed by atoms with Crippen molar-refractivity contribution in [2.45, 2.75) is 64.8 Å². The molecule has 1 aromatic carbocycles. The number of sulfonamides is 1. The number of nitrogens with zero attached hydrogens (tertiary/aromatic N) is 1. The first-order valence-corrected chi connectivity index (χ1v) is 11.4. The van der Waals surface area contributed by atoms with Gasteiger partial charge in [-0.2, -0.15) is 0 Å². The first-order valence-electron chi connectivity index (χ1n) is 9.80. The summed E-state index contributed by atoms with van der Waals surface area (Å²) in [6, 6.07) is 7.56. The van der Waals surface area contributed by atoms with E-state index in [0.717, 1.165) is 23.6 Å². The zero-order valence-corrected chi connectivity index (χ0v) is 17.8. The van der Waals surface area contributed by atoms with E-state index in [2.05, 4.69) is 27.3 Å². The van der Waals surface area contributed by atoms with Crippen LogP contribution in [0.15, 0.2) is 29.3 Å². The van der Waals surface area contributed by atoms with Gasteiger partial charge in [0.2, 0.25) is 10.0 Å². The predicted molar refractivity (Wildman–Crippen MR) is 112 cm³/mol. The SMILES string of the molecule is CCC1(CNC(=NC)NCc2ccc(CS(=O)(=O)NC(C)C)cc2)CCC1. The number of hydrogen-bond donors (Lipinski definition) is 3. The highest BCUT2D eigenvalue weighted by Gasteiger charge is 2.34. The van der Waals surface area contributed by atoms with Crippen molar-refractivity contribution in [3.05, 3.63) is 35.4 Å². The summed E-state index contributed by atoms with van der Waals surface area (Å²) in [4.78, 5) is 4.30. The lowest BCUT2D eigenvalue weighted by molar-refractivity contribution is 0.131. The first-order chi connectivity index (χ1) is 12.8. The van der Waals surface area contributed by atoms with Crippen LogP contribution in [0.3, 0.4) is 0 Å². The van der Waals surface area contributed by atoms with E-state index in [1.54, 1.807) is 7.05 Å². The molecule has 0 atom stereocenters. The van der Waals surface area contributed by atoms with E-state index in [0.29, 0.717) is 12.0 Å². The Morgan fingerprint density at radius 2 is 1.78 bits per heavy atom. The smallest absolute Gasteiger partial charge is 0.216 e. The lowest BCUT2D eigenvalue weighted by atomic mass is 9.67. The number of nitrogens with one attached hydrogen (secondary N) is 3. The van der Waals surface area contributed by atoms with Crippen LogP contribution in [-0.4, -0.2) is 34.0 Å². The largest absolute Gasteiger partial charge is 0.356 e. The molecule has 0 unspecified atom stereocenters. The molecule has 0 aliphatic heterocycles. The Morgan fingerprint density at radius 3 is 2.26 bits per heavy atom. The van der Waals surface area contributed by atoms with Crippen LogP contribution >= 0.6 is 0 Å². The van der Waals surface area contributed by atoms with E-state index < -0.39 is 10.0 Å². The van der Waals surface area contributed by atoms with Crippen molar-refractivity contribution in [1.82, 2.24) is 15.4 Å². The fourth-order valence-corrected chi connectivity index (χ4v) is 4.82. The molecule has 27 heavy (non-hydrogen) atoms. The predicted octanol–water partition coefficient (Wildman–Crippen LogP) is 2.76. The molecule has 0 aromatic heterocycles. The van der Waals surface area contributed by atoms with E-state index in [1.807, 2.05) is 38.1 Å². The second-order valence-corrected chi connectivity index (χ2v) is 9.59. The van der Waals surface area contributed by atoms with Crippen LogP contribution in [0.2, 0.25) is 0 Å². The second-order valence-electron chi connectivity index (χ2n) is 7.83. The van der Waals surface area contributed by atoms with Crippen molar-refractivity contribution in [3.8, 4) is 0 Å². The first kappa shape index (κ1) is 21.7. The fraction of sp³-hybridized carbons (Fsp3) is 0.650. The minimum Gasteiger partial charge on any atom is -0.356 e. The molecule has 1 aromatic rings. The maximum atomic E-state index is 12.0. The minimum atomic E-state index is -3.29. The molecule has 0 heterocycles.